The third-order valence-corrected chi connectivity index (χ3v) is 2.65. The second kappa shape index (κ2) is 4.87. The van der Waals surface area contributed by atoms with Gasteiger partial charge in [0.1, 0.15) is 5.75 Å². The zero-order valence-electron chi connectivity index (χ0n) is 10.0. The van der Waals surface area contributed by atoms with Gasteiger partial charge in [0, 0.05) is 13.1 Å². The molecule has 1 heterocycles. The molecule has 0 aliphatic rings. The van der Waals surface area contributed by atoms with Crippen LogP contribution in [0.1, 0.15) is 6.92 Å². The summed E-state index contributed by atoms with van der Waals surface area (Å²) in [5.41, 5.74) is 1.91. The van der Waals surface area contributed by atoms with Gasteiger partial charge in [-0.25, -0.2) is 0 Å². The van der Waals surface area contributed by atoms with Crippen LogP contribution in [0.2, 0.25) is 0 Å². The van der Waals surface area contributed by atoms with Gasteiger partial charge in [0.2, 0.25) is 0 Å². The molecule has 0 saturated heterocycles. The van der Waals surface area contributed by atoms with E-state index in [1.807, 2.05) is 37.3 Å². The first-order valence-corrected chi connectivity index (χ1v) is 5.61. The highest BCUT2D eigenvalue weighted by Crippen LogP contribution is 2.20. The number of pyridine rings is 1. The van der Waals surface area contributed by atoms with Gasteiger partial charge in [-0.3, -0.25) is 4.79 Å². The van der Waals surface area contributed by atoms with Gasteiger partial charge in [-0.2, -0.15) is 0 Å². The fourth-order valence-corrected chi connectivity index (χ4v) is 1.74. The maximum absolute atomic E-state index is 11.5. The summed E-state index contributed by atoms with van der Waals surface area (Å²) in [5.74, 6) is 0.845. The van der Waals surface area contributed by atoms with Crippen LogP contribution in [-0.4, -0.2) is 11.2 Å². The lowest BCUT2D eigenvalue weighted by atomic mass is 10.1. The number of nitrogens with zero attached hydrogens (tertiary/aromatic N) is 1. The normalized spacial score (nSPS) is 10.2. The van der Waals surface area contributed by atoms with Crippen molar-refractivity contribution in [3.63, 3.8) is 0 Å². The first-order valence-electron chi connectivity index (χ1n) is 5.61. The van der Waals surface area contributed by atoms with E-state index in [4.69, 9.17) is 4.74 Å². The number of aromatic nitrogens is 1. The molecule has 2 rings (SSSR count). The van der Waals surface area contributed by atoms with Gasteiger partial charge in [-0.15, -0.1) is 0 Å². The van der Waals surface area contributed by atoms with Gasteiger partial charge in [0.05, 0.1) is 12.3 Å². The fraction of sp³-hybridized carbons (Fsp3) is 0.214. The summed E-state index contributed by atoms with van der Waals surface area (Å²) in [6.45, 7) is 2.61. The van der Waals surface area contributed by atoms with E-state index in [9.17, 15) is 4.79 Å². The number of ether oxygens (including phenoxy) is 1. The minimum absolute atomic E-state index is 0.00335. The Balaban J connectivity index is 2.40. The van der Waals surface area contributed by atoms with E-state index in [1.54, 1.807) is 23.7 Å². The maximum Gasteiger partial charge on any atom is 0.250 e. The third-order valence-electron chi connectivity index (χ3n) is 2.65. The predicted molar refractivity (Wildman–Crippen MR) is 68.3 cm³/mol. The molecule has 0 radical (unpaired) electrons. The molecule has 0 aliphatic heterocycles. The van der Waals surface area contributed by atoms with E-state index in [-0.39, 0.29) is 5.56 Å². The molecule has 17 heavy (non-hydrogen) atoms. The molecule has 0 N–H and O–H groups in total. The zero-order valence-corrected chi connectivity index (χ0v) is 10.0. The summed E-state index contributed by atoms with van der Waals surface area (Å²) < 4.78 is 7.02. The first-order chi connectivity index (χ1) is 8.22. The SMILES string of the molecule is CCOc1ccc(-c2cccc(=O)n2C)cc1. The lowest BCUT2D eigenvalue weighted by Gasteiger charge is -2.08. The van der Waals surface area contributed by atoms with E-state index in [0.717, 1.165) is 17.0 Å². The average molecular weight is 229 g/mol. The van der Waals surface area contributed by atoms with Crippen molar-refractivity contribution in [2.75, 3.05) is 6.61 Å². The van der Waals surface area contributed by atoms with Crippen molar-refractivity contribution in [1.29, 1.82) is 0 Å². The predicted octanol–water partition coefficient (Wildman–Crippen LogP) is 2.45. The van der Waals surface area contributed by atoms with Crippen LogP contribution >= 0.6 is 0 Å². The molecular formula is C14H15NO2. The van der Waals surface area contributed by atoms with Crippen LogP contribution in [0.4, 0.5) is 0 Å². The Morgan fingerprint density at radius 2 is 1.82 bits per heavy atom. The molecule has 0 amide bonds. The Bertz CT molecular complexity index is 555. The largest absolute Gasteiger partial charge is 0.494 e. The minimum atomic E-state index is -0.00335. The molecule has 88 valence electrons. The van der Waals surface area contributed by atoms with Crippen LogP contribution in [0, 0.1) is 0 Å². The Morgan fingerprint density at radius 1 is 1.12 bits per heavy atom. The van der Waals surface area contributed by atoms with E-state index in [0.29, 0.717) is 6.61 Å². The highest BCUT2D eigenvalue weighted by atomic mass is 16.5. The molecule has 0 fully saturated rings. The van der Waals surface area contributed by atoms with Crippen LogP contribution in [0.25, 0.3) is 11.3 Å². The van der Waals surface area contributed by atoms with Crippen molar-refractivity contribution >= 4 is 0 Å². The second-order valence-corrected chi connectivity index (χ2v) is 3.77. The average Bonchev–Trinajstić information content (AvgIpc) is 2.34. The quantitative estimate of drug-likeness (QED) is 0.809. The Hall–Kier alpha value is -2.03. The summed E-state index contributed by atoms with van der Waals surface area (Å²) in [6, 6.07) is 13.0. The summed E-state index contributed by atoms with van der Waals surface area (Å²) in [7, 11) is 1.77. The molecule has 2 aromatic rings. The zero-order chi connectivity index (χ0) is 12.3. The van der Waals surface area contributed by atoms with E-state index in [2.05, 4.69) is 0 Å². The van der Waals surface area contributed by atoms with Gasteiger partial charge in [-0.1, -0.05) is 6.07 Å². The number of rotatable bonds is 3. The maximum atomic E-state index is 11.5. The third kappa shape index (κ3) is 2.38. The molecule has 0 saturated carbocycles. The van der Waals surface area contributed by atoms with Crippen LogP contribution in [0.15, 0.2) is 47.3 Å². The molecule has 1 aromatic heterocycles. The Labute approximate surface area is 100 Å². The number of hydrogen-bond donors (Lipinski definition) is 0. The summed E-state index contributed by atoms with van der Waals surface area (Å²) in [5, 5.41) is 0. The summed E-state index contributed by atoms with van der Waals surface area (Å²) in [4.78, 5) is 11.5. The van der Waals surface area contributed by atoms with Gasteiger partial charge in [0.15, 0.2) is 0 Å². The first kappa shape index (κ1) is 11.5. The van der Waals surface area contributed by atoms with Crippen LogP contribution in [0.3, 0.4) is 0 Å². The highest BCUT2D eigenvalue weighted by molar-refractivity contribution is 5.60. The highest BCUT2D eigenvalue weighted by Gasteiger charge is 2.02. The topological polar surface area (TPSA) is 31.2 Å². The Morgan fingerprint density at radius 3 is 2.47 bits per heavy atom. The molecule has 1 aromatic carbocycles. The van der Waals surface area contributed by atoms with Crippen molar-refractivity contribution in [2.24, 2.45) is 7.05 Å². The van der Waals surface area contributed by atoms with Crippen molar-refractivity contribution in [3.8, 4) is 17.0 Å². The van der Waals surface area contributed by atoms with Crippen molar-refractivity contribution in [1.82, 2.24) is 4.57 Å². The van der Waals surface area contributed by atoms with Crippen molar-refractivity contribution < 1.29 is 4.74 Å². The van der Waals surface area contributed by atoms with E-state index >= 15 is 0 Å². The van der Waals surface area contributed by atoms with Crippen LogP contribution < -0.4 is 10.3 Å². The van der Waals surface area contributed by atoms with Gasteiger partial charge >= 0.3 is 0 Å². The van der Waals surface area contributed by atoms with Gasteiger partial charge < -0.3 is 9.30 Å². The molecule has 3 heteroatoms. The lowest BCUT2D eigenvalue weighted by Crippen LogP contribution is -2.16. The molecule has 0 spiro atoms. The lowest BCUT2D eigenvalue weighted by molar-refractivity contribution is 0.340. The molecular weight excluding hydrogens is 214 g/mol. The van der Waals surface area contributed by atoms with E-state index < -0.39 is 0 Å². The molecule has 0 bridgehead atoms. The molecule has 0 unspecified atom stereocenters. The number of hydrogen-bond acceptors (Lipinski definition) is 2. The Kier molecular flexibility index (Phi) is 3.28. The van der Waals surface area contributed by atoms with Crippen LogP contribution in [0.5, 0.6) is 5.75 Å². The van der Waals surface area contributed by atoms with Crippen molar-refractivity contribution in [2.45, 2.75) is 6.92 Å². The number of benzene rings is 1. The summed E-state index contributed by atoms with van der Waals surface area (Å²) >= 11 is 0. The smallest absolute Gasteiger partial charge is 0.250 e. The van der Waals surface area contributed by atoms with Gasteiger partial charge in [-0.05, 0) is 42.8 Å². The summed E-state index contributed by atoms with van der Waals surface area (Å²) in [6.07, 6.45) is 0. The van der Waals surface area contributed by atoms with Crippen molar-refractivity contribution in [3.05, 3.63) is 52.8 Å². The molecule has 0 aliphatic carbocycles. The molecule has 3 nitrogen and oxygen atoms in total. The monoisotopic (exact) mass is 229 g/mol. The molecule has 0 atom stereocenters. The fourth-order valence-electron chi connectivity index (χ4n) is 1.74. The standard InChI is InChI=1S/C14H15NO2/c1-3-17-12-9-7-11(8-10-12)13-5-4-6-14(16)15(13)2/h4-10H,3H2,1-2H3. The van der Waals surface area contributed by atoms with E-state index in [1.165, 1.54) is 0 Å². The minimum Gasteiger partial charge on any atom is -0.494 e. The van der Waals surface area contributed by atoms with Crippen LogP contribution in [-0.2, 0) is 7.05 Å². The van der Waals surface area contributed by atoms with Gasteiger partial charge in [0.25, 0.3) is 5.56 Å². The second-order valence-electron chi connectivity index (χ2n) is 3.77.